The number of primary amides is 1. The highest BCUT2D eigenvalue weighted by molar-refractivity contribution is 6.05. The summed E-state index contributed by atoms with van der Waals surface area (Å²) < 4.78 is 15.9. The van der Waals surface area contributed by atoms with E-state index in [0.717, 1.165) is 29.8 Å². The number of fused-ring (bicyclic) bond motifs is 2. The van der Waals surface area contributed by atoms with Gasteiger partial charge in [-0.2, -0.15) is 15.3 Å². The maximum atomic E-state index is 14.5. The molecule has 12 nitrogen and oxygen atoms in total. The van der Waals surface area contributed by atoms with Crippen LogP contribution in [0.1, 0.15) is 23.3 Å². The second-order valence-corrected chi connectivity index (χ2v) is 9.66. The van der Waals surface area contributed by atoms with Crippen molar-refractivity contribution < 1.29 is 18.8 Å². The van der Waals surface area contributed by atoms with Crippen LogP contribution in [0.2, 0.25) is 0 Å². The monoisotopic (exact) mass is 531 g/mol. The zero-order valence-electron chi connectivity index (χ0n) is 20.9. The van der Waals surface area contributed by atoms with Crippen LogP contribution in [0.25, 0.3) is 22.0 Å². The lowest BCUT2D eigenvalue weighted by Gasteiger charge is -2.24. The van der Waals surface area contributed by atoms with Crippen LogP contribution in [0.4, 0.5) is 4.39 Å². The minimum absolute atomic E-state index is 0.00741. The fraction of sp³-hybridized carbons (Fsp3) is 0.308. The lowest BCUT2D eigenvalue weighted by atomic mass is 10.0. The number of amides is 3. The van der Waals surface area contributed by atoms with Crippen molar-refractivity contribution in [2.45, 2.75) is 31.6 Å². The summed E-state index contributed by atoms with van der Waals surface area (Å²) >= 11 is 0. The van der Waals surface area contributed by atoms with Gasteiger partial charge in [0, 0.05) is 23.9 Å². The summed E-state index contributed by atoms with van der Waals surface area (Å²) in [6.45, 7) is 0.742. The molecule has 200 valence electrons. The number of hydrogen-bond donors (Lipinski definition) is 3. The minimum Gasteiger partial charge on any atom is -0.364 e. The highest BCUT2D eigenvalue weighted by atomic mass is 19.1. The molecule has 39 heavy (non-hydrogen) atoms. The van der Waals surface area contributed by atoms with Gasteiger partial charge < -0.3 is 21.0 Å². The van der Waals surface area contributed by atoms with Gasteiger partial charge in [0.15, 0.2) is 5.69 Å². The molecule has 1 saturated heterocycles. The quantitative estimate of drug-likeness (QED) is 0.419. The van der Waals surface area contributed by atoms with Gasteiger partial charge in [-0.15, -0.1) is 0 Å². The van der Waals surface area contributed by atoms with E-state index >= 15 is 0 Å². The number of hydrazine groups is 1. The van der Waals surface area contributed by atoms with Crippen molar-refractivity contribution in [1.29, 1.82) is 0 Å². The molecule has 3 aromatic rings. The third-order valence-corrected chi connectivity index (χ3v) is 7.18. The smallest absolute Gasteiger partial charge is 0.269 e. The molecule has 13 heteroatoms. The summed E-state index contributed by atoms with van der Waals surface area (Å²) in [5.41, 5.74) is 12.4. The number of nitrogens with zero attached hydrogens (tertiary/aromatic N) is 6. The Bertz CT molecular complexity index is 1530. The van der Waals surface area contributed by atoms with E-state index in [2.05, 4.69) is 26.0 Å². The number of carbonyl (C=O) groups excluding carboxylic acids is 3. The summed E-state index contributed by atoms with van der Waals surface area (Å²) in [5.74, 6) is -1.67. The lowest BCUT2D eigenvalue weighted by molar-refractivity contribution is -0.138. The first-order valence-electron chi connectivity index (χ1n) is 12.6. The number of benzene rings is 1. The highest BCUT2D eigenvalue weighted by Gasteiger charge is 2.40. The Balaban J connectivity index is 1.24. The zero-order chi connectivity index (χ0) is 27.1. The van der Waals surface area contributed by atoms with Gasteiger partial charge in [-0.1, -0.05) is 12.1 Å². The van der Waals surface area contributed by atoms with Crippen LogP contribution in [-0.2, 0) is 16.1 Å². The fourth-order valence-corrected chi connectivity index (χ4v) is 5.29. The highest BCUT2D eigenvalue weighted by Crippen LogP contribution is 2.28. The van der Waals surface area contributed by atoms with Gasteiger partial charge in [0.05, 0.1) is 42.4 Å². The van der Waals surface area contributed by atoms with Crippen LogP contribution in [0.3, 0.4) is 0 Å². The van der Waals surface area contributed by atoms with Crippen LogP contribution in [-0.4, -0.2) is 79.5 Å². The Morgan fingerprint density at radius 1 is 1.18 bits per heavy atom. The third kappa shape index (κ3) is 4.61. The molecule has 1 aromatic carbocycles. The van der Waals surface area contributed by atoms with Crippen molar-refractivity contribution in [2.75, 3.05) is 19.6 Å². The van der Waals surface area contributed by atoms with Crippen molar-refractivity contribution >= 4 is 28.6 Å². The molecular formula is C26H26FN9O3. The molecule has 0 radical (unpaired) electrons. The van der Waals surface area contributed by atoms with E-state index in [1.165, 1.54) is 9.58 Å². The maximum Gasteiger partial charge on any atom is 0.269 e. The first kappa shape index (κ1) is 24.7. The number of likely N-dealkylation sites (tertiary alicyclic amines) is 1. The summed E-state index contributed by atoms with van der Waals surface area (Å²) in [4.78, 5) is 40.0. The second kappa shape index (κ2) is 9.91. The van der Waals surface area contributed by atoms with Gasteiger partial charge in [-0.3, -0.25) is 19.1 Å². The lowest BCUT2D eigenvalue weighted by Crippen LogP contribution is -2.47. The van der Waals surface area contributed by atoms with Gasteiger partial charge in [0.25, 0.3) is 5.91 Å². The minimum atomic E-state index is -1.33. The first-order valence-corrected chi connectivity index (χ1v) is 12.6. The van der Waals surface area contributed by atoms with Gasteiger partial charge in [-0.25, -0.2) is 9.82 Å². The van der Waals surface area contributed by atoms with E-state index in [9.17, 15) is 18.8 Å². The molecule has 5 heterocycles. The van der Waals surface area contributed by atoms with Crippen molar-refractivity contribution in [3.8, 4) is 11.1 Å². The average Bonchev–Trinajstić information content (AvgIpc) is 3.64. The SMILES string of the molecule is NC(=O)c1nn(CC(=O)N2CC(F)CC2C(=O)NC2=C3C=CCCN3NC2)c2ccc(-c3ccnnc3)cc12. The molecule has 2 atom stereocenters. The number of alkyl halides is 1. The number of halogens is 1. The van der Waals surface area contributed by atoms with E-state index in [1.807, 2.05) is 23.2 Å². The molecule has 3 amide bonds. The van der Waals surface area contributed by atoms with E-state index in [0.29, 0.717) is 23.1 Å². The predicted molar refractivity (Wildman–Crippen MR) is 138 cm³/mol. The number of rotatable bonds is 6. The molecule has 4 N–H and O–H groups in total. The van der Waals surface area contributed by atoms with Crippen LogP contribution in [0, 0.1) is 0 Å². The molecule has 3 aliphatic heterocycles. The molecule has 6 rings (SSSR count). The Morgan fingerprint density at radius 2 is 2.05 bits per heavy atom. The standard InChI is InChI=1S/C26H26FN9O3/c27-17-10-22(26(39)32-19-12-31-35-8-2-1-3-21(19)35)34(13-17)23(37)14-36-20-5-4-15(16-6-7-29-30-11-16)9-18(20)24(33-36)25(28)38/h1,3-7,9,11,17,22,31H,2,8,10,12-14H2,(H2,28,38)(H,32,39). The zero-order valence-corrected chi connectivity index (χ0v) is 20.9. The third-order valence-electron chi connectivity index (χ3n) is 7.18. The van der Waals surface area contributed by atoms with E-state index in [-0.39, 0.29) is 25.2 Å². The van der Waals surface area contributed by atoms with Crippen molar-refractivity contribution in [3.63, 3.8) is 0 Å². The number of aromatic nitrogens is 4. The molecule has 0 saturated carbocycles. The van der Waals surface area contributed by atoms with Crippen LogP contribution < -0.4 is 16.5 Å². The summed E-state index contributed by atoms with van der Waals surface area (Å²) in [5, 5.41) is 17.3. The number of carbonyl (C=O) groups is 3. The molecule has 1 fully saturated rings. The maximum absolute atomic E-state index is 14.5. The molecule has 2 aromatic heterocycles. The summed E-state index contributed by atoms with van der Waals surface area (Å²) in [6, 6.07) is 6.10. The fourth-order valence-electron chi connectivity index (χ4n) is 5.29. The number of nitrogens with two attached hydrogens (primary N) is 1. The van der Waals surface area contributed by atoms with Gasteiger partial charge in [0.2, 0.25) is 11.8 Å². The largest absolute Gasteiger partial charge is 0.364 e. The van der Waals surface area contributed by atoms with E-state index < -0.39 is 29.9 Å². The molecule has 2 unspecified atom stereocenters. The number of nitrogens with one attached hydrogen (secondary N) is 2. The first-order chi connectivity index (χ1) is 18.9. The Morgan fingerprint density at radius 3 is 2.85 bits per heavy atom. The summed E-state index contributed by atoms with van der Waals surface area (Å²) in [7, 11) is 0. The van der Waals surface area contributed by atoms with Gasteiger partial charge >= 0.3 is 0 Å². The Labute approximate surface area is 222 Å². The van der Waals surface area contributed by atoms with Crippen LogP contribution in [0.15, 0.2) is 60.2 Å². The Hall–Kier alpha value is -4.65. The predicted octanol–water partition coefficient (Wildman–Crippen LogP) is 0.639. The van der Waals surface area contributed by atoms with Crippen LogP contribution in [0.5, 0.6) is 0 Å². The summed E-state index contributed by atoms with van der Waals surface area (Å²) in [6.07, 6.45) is 6.58. The van der Waals surface area contributed by atoms with E-state index in [1.54, 1.807) is 30.6 Å². The molecular weight excluding hydrogens is 505 g/mol. The molecule has 0 aliphatic carbocycles. The second-order valence-electron chi connectivity index (χ2n) is 9.66. The van der Waals surface area contributed by atoms with Crippen LogP contribution >= 0.6 is 0 Å². The van der Waals surface area contributed by atoms with Gasteiger partial charge in [-0.05, 0) is 36.3 Å². The number of allylic oxidation sites excluding steroid dienone is 1. The van der Waals surface area contributed by atoms with Crippen molar-refractivity contribution in [3.05, 3.63) is 65.9 Å². The van der Waals surface area contributed by atoms with E-state index in [4.69, 9.17) is 5.73 Å². The average molecular weight is 532 g/mol. The Kier molecular flexibility index (Phi) is 6.27. The van der Waals surface area contributed by atoms with Crippen molar-refractivity contribution in [1.82, 2.24) is 40.6 Å². The van der Waals surface area contributed by atoms with Crippen molar-refractivity contribution in [2.24, 2.45) is 5.73 Å². The number of hydrogen-bond acceptors (Lipinski definition) is 8. The molecule has 3 aliphatic rings. The normalized spacial score (nSPS) is 20.5. The molecule has 0 spiro atoms. The van der Waals surface area contributed by atoms with Gasteiger partial charge in [0.1, 0.15) is 18.8 Å². The topological polar surface area (TPSA) is 151 Å². The molecule has 0 bridgehead atoms.